The van der Waals surface area contributed by atoms with E-state index in [1.807, 2.05) is 23.8 Å². The van der Waals surface area contributed by atoms with Gasteiger partial charge in [-0.2, -0.15) is 9.97 Å². The summed E-state index contributed by atoms with van der Waals surface area (Å²) in [6.45, 7) is 9.31. The van der Waals surface area contributed by atoms with Crippen molar-refractivity contribution < 1.29 is 23.1 Å². The van der Waals surface area contributed by atoms with Crippen molar-refractivity contribution >= 4 is 39.3 Å². The van der Waals surface area contributed by atoms with Crippen molar-refractivity contribution in [1.82, 2.24) is 24.8 Å². The molecule has 2 aliphatic heterocycles. The number of fused-ring (bicyclic) bond motifs is 3. The Hall–Kier alpha value is -5.11. The predicted octanol–water partition coefficient (Wildman–Crippen LogP) is 5.74. The van der Waals surface area contributed by atoms with E-state index in [1.165, 1.54) is 18.3 Å². The minimum atomic E-state index is -0.720. The normalized spacial score (nSPS) is 23.1. The lowest BCUT2D eigenvalue weighted by atomic mass is 9.82. The van der Waals surface area contributed by atoms with Crippen LogP contribution in [0.15, 0.2) is 49.2 Å². The van der Waals surface area contributed by atoms with Crippen molar-refractivity contribution in [2.24, 2.45) is 11.3 Å². The summed E-state index contributed by atoms with van der Waals surface area (Å²) in [5.41, 5.74) is 0.0952. The van der Waals surface area contributed by atoms with Gasteiger partial charge >= 0.3 is 6.01 Å². The number of rotatable bonds is 7. The van der Waals surface area contributed by atoms with Crippen molar-refractivity contribution in [2.75, 3.05) is 38.2 Å². The number of amides is 2. The van der Waals surface area contributed by atoms with Gasteiger partial charge in [0.2, 0.25) is 11.8 Å². The van der Waals surface area contributed by atoms with Gasteiger partial charge < -0.3 is 19.4 Å². The second-order valence-corrected chi connectivity index (χ2v) is 13.6. The van der Waals surface area contributed by atoms with Crippen LogP contribution in [0.4, 0.5) is 14.6 Å². The number of carbonyl (C=O) groups excluding carboxylic acids is 2. The van der Waals surface area contributed by atoms with E-state index in [9.17, 15) is 14.0 Å². The second-order valence-electron chi connectivity index (χ2n) is 13.6. The summed E-state index contributed by atoms with van der Waals surface area (Å²) in [7, 11) is 1.86. The van der Waals surface area contributed by atoms with Gasteiger partial charge in [0.05, 0.1) is 23.6 Å². The van der Waals surface area contributed by atoms with E-state index in [0.29, 0.717) is 59.5 Å². The monoisotopic (exact) mass is 664 g/mol. The minimum absolute atomic E-state index is 0.00431. The Kier molecular flexibility index (Phi) is 8.21. The van der Waals surface area contributed by atoms with E-state index in [-0.39, 0.29) is 58.7 Å². The number of anilines is 1. The number of benzene rings is 2. The minimum Gasteiger partial charge on any atom is -0.463 e. The van der Waals surface area contributed by atoms with Gasteiger partial charge in [-0.3, -0.25) is 14.6 Å². The highest BCUT2D eigenvalue weighted by Gasteiger charge is 2.51. The summed E-state index contributed by atoms with van der Waals surface area (Å²) in [4.78, 5) is 44.4. The molecule has 7 rings (SSSR count). The first-order valence-electron chi connectivity index (χ1n) is 16.7. The van der Waals surface area contributed by atoms with Crippen LogP contribution in [-0.4, -0.2) is 81.9 Å². The van der Waals surface area contributed by atoms with E-state index in [0.717, 1.165) is 19.3 Å². The molecule has 2 saturated heterocycles. The summed E-state index contributed by atoms with van der Waals surface area (Å²) >= 11 is 0. The maximum atomic E-state index is 16.9. The third-order valence-electron chi connectivity index (χ3n) is 11.0. The molecule has 9 nitrogen and oxygen atoms in total. The molecular weight excluding hydrogens is 626 g/mol. The maximum absolute atomic E-state index is 16.9. The molecule has 3 fully saturated rings. The molecule has 2 amide bonds. The topological polar surface area (TPSA) is 91.8 Å². The van der Waals surface area contributed by atoms with E-state index in [2.05, 4.69) is 22.5 Å². The van der Waals surface area contributed by atoms with E-state index in [4.69, 9.17) is 16.1 Å². The number of hydrogen-bond acceptors (Lipinski definition) is 7. The fourth-order valence-corrected chi connectivity index (χ4v) is 8.36. The number of likely N-dealkylation sites (tertiary alicyclic amines) is 2. The smallest absolute Gasteiger partial charge is 0.319 e. The zero-order chi connectivity index (χ0) is 34.6. The van der Waals surface area contributed by atoms with Gasteiger partial charge in [0.15, 0.2) is 5.82 Å². The van der Waals surface area contributed by atoms with Crippen molar-refractivity contribution in [3.8, 4) is 29.6 Å². The van der Waals surface area contributed by atoms with Gasteiger partial charge in [-0.15, -0.1) is 6.42 Å². The van der Waals surface area contributed by atoms with Gasteiger partial charge in [-0.1, -0.05) is 43.2 Å². The highest BCUT2D eigenvalue weighted by atomic mass is 19.1. The summed E-state index contributed by atoms with van der Waals surface area (Å²) in [5.74, 6) is 1.72. The van der Waals surface area contributed by atoms with Crippen molar-refractivity contribution in [1.29, 1.82) is 0 Å². The Morgan fingerprint density at radius 3 is 2.80 bits per heavy atom. The van der Waals surface area contributed by atoms with Crippen molar-refractivity contribution in [2.45, 2.75) is 51.6 Å². The van der Waals surface area contributed by atoms with Crippen LogP contribution in [0.5, 0.6) is 6.01 Å². The van der Waals surface area contributed by atoms with Gasteiger partial charge in [-0.25, -0.2) is 8.78 Å². The number of nitrogens with zero attached hydrogens (tertiary/aromatic N) is 6. The molecule has 4 heterocycles. The molecule has 3 aliphatic rings. The average molecular weight is 665 g/mol. The number of terminal acetylenes is 1. The molecule has 1 aliphatic carbocycles. The molecule has 4 aromatic rings. The number of carbonyl (C=O) groups is 2. The van der Waals surface area contributed by atoms with Crippen LogP contribution >= 0.6 is 0 Å². The van der Waals surface area contributed by atoms with Crippen LogP contribution in [0.2, 0.25) is 0 Å². The standard InChI is InChI=1S/C38H38F2N6O3/c1-6-26-29(39)14-13-24-10-8-12-27(32(24)26)34-33(40)35-28(18-41-34)36(44(5)30-15-17-46(22(30)3)31(48)7-2)43-37(42-35)49-21-38-16-9-11-25(38)19-45(20-38)23(4)47/h1,7-8,10,12-14,18,22,25,30H,2,9,11,15-17,19-21H2,3-5H3/t22?,25?,30?,38-/m0/s1. The van der Waals surface area contributed by atoms with Crippen molar-refractivity contribution in [3.63, 3.8) is 0 Å². The Balaban J connectivity index is 1.35. The molecule has 49 heavy (non-hydrogen) atoms. The molecule has 3 unspecified atom stereocenters. The Bertz CT molecular complexity index is 2060. The lowest BCUT2D eigenvalue weighted by Crippen LogP contribution is -2.43. The number of pyridine rings is 1. The first kappa shape index (κ1) is 32.4. The molecule has 11 heteroatoms. The van der Waals surface area contributed by atoms with E-state index < -0.39 is 11.6 Å². The number of likely N-dealkylation sites (N-methyl/N-ethyl adjacent to an activating group) is 1. The van der Waals surface area contributed by atoms with Gasteiger partial charge in [0, 0.05) is 62.2 Å². The number of aromatic nitrogens is 3. The fourth-order valence-electron chi connectivity index (χ4n) is 8.36. The molecule has 4 atom stereocenters. The Morgan fingerprint density at radius 1 is 1.22 bits per heavy atom. The summed E-state index contributed by atoms with van der Waals surface area (Å²) in [5, 5.41) is 1.39. The number of ether oxygens (including phenoxy) is 1. The van der Waals surface area contributed by atoms with Crippen molar-refractivity contribution in [3.05, 3.63) is 66.4 Å². The highest BCUT2D eigenvalue weighted by Crippen LogP contribution is 2.49. The summed E-state index contributed by atoms with van der Waals surface area (Å²) < 4.78 is 38.2. The van der Waals surface area contributed by atoms with Crippen LogP contribution in [0.3, 0.4) is 0 Å². The third kappa shape index (κ3) is 5.34. The lowest BCUT2D eigenvalue weighted by molar-refractivity contribution is -0.128. The van der Waals surface area contributed by atoms with Gasteiger partial charge in [-0.05, 0) is 49.6 Å². The molecule has 2 aromatic carbocycles. The van der Waals surface area contributed by atoms with Crippen LogP contribution in [0.25, 0.3) is 32.9 Å². The molecule has 0 spiro atoms. The summed E-state index contributed by atoms with van der Waals surface area (Å²) in [6.07, 6.45) is 12.2. The van der Waals surface area contributed by atoms with Crippen LogP contribution in [0, 0.1) is 35.3 Å². The maximum Gasteiger partial charge on any atom is 0.319 e. The first-order valence-corrected chi connectivity index (χ1v) is 16.7. The molecule has 252 valence electrons. The molecule has 1 saturated carbocycles. The second kappa shape index (κ2) is 12.4. The van der Waals surface area contributed by atoms with E-state index in [1.54, 1.807) is 36.1 Å². The molecule has 0 radical (unpaired) electrons. The van der Waals surface area contributed by atoms with E-state index >= 15 is 4.39 Å². The third-order valence-corrected chi connectivity index (χ3v) is 11.0. The quantitative estimate of drug-likeness (QED) is 0.184. The largest absolute Gasteiger partial charge is 0.463 e. The van der Waals surface area contributed by atoms with Crippen LogP contribution in [0.1, 0.15) is 45.1 Å². The highest BCUT2D eigenvalue weighted by molar-refractivity contribution is 6.02. The fraction of sp³-hybridized carbons (Fsp3) is 0.395. The Labute approximate surface area is 284 Å². The lowest BCUT2D eigenvalue weighted by Gasteiger charge is -2.32. The molecular formula is C38H38F2N6O3. The molecule has 2 aromatic heterocycles. The van der Waals surface area contributed by atoms with Crippen LogP contribution in [-0.2, 0) is 9.59 Å². The zero-order valence-corrected chi connectivity index (χ0v) is 27.9. The zero-order valence-electron chi connectivity index (χ0n) is 27.9. The predicted molar refractivity (Wildman–Crippen MR) is 184 cm³/mol. The SMILES string of the molecule is C#Cc1c(F)ccc2cccc(-c3ncc4c(N(C)C5CCN(C(=O)C=C)C5C)nc(OC[C@@]56CCCC5CN(C(C)=O)C6)nc4c3F)c12. The first-order chi connectivity index (χ1) is 23.6. The van der Waals surface area contributed by atoms with Gasteiger partial charge in [0.25, 0.3) is 0 Å². The number of hydrogen-bond donors (Lipinski definition) is 0. The molecule has 0 N–H and O–H groups in total. The average Bonchev–Trinajstić information content (AvgIpc) is 3.79. The molecule has 0 bridgehead atoms. The van der Waals surface area contributed by atoms with Crippen LogP contribution < -0.4 is 9.64 Å². The Morgan fingerprint density at radius 2 is 2.04 bits per heavy atom. The summed E-state index contributed by atoms with van der Waals surface area (Å²) in [6, 6.07) is 7.78. The van der Waals surface area contributed by atoms with Gasteiger partial charge in [0.1, 0.15) is 22.8 Å². The number of halogens is 2.